The second-order valence-corrected chi connectivity index (χ2v) is 4.37. The lowest BCUT2D eigenvalue weighted by Gasteiger charge is -2.42. The number of hydrogen-bond acceptors (Lipinski definition) is 4. The van der Waals surface area contributed by atoms with Gasteiger partial charge in [0.05, 0.1) is 11.8 Å². The summed E-state index contributed by atoms with van der Waals surface area (Å²) in [6, 6.07) is 0. The van der Waals surface area contributed by atoms with Gasteiger partial charge in [-0.25, -0.2) is 4.79 Å². The van der Waals surface area contributed by atoms with Crippen LogP contribution in [0.3, 0.4) is 0 Å². The first-order valence-corrected chi connectivity index (χ1v) is 5.50. The molecule has 1 amide bonds. The van der Waals surface area contributed by atoms with Gasteiger partial charge in [-0.15, -0.1) is 11.8 Å². The van der Waals surface area contributed by atoms with E-state index in [1.54, 1.807) is 0 Å². The van der Waals surface area contributed by atoms with Crippen molar-refractivity contribution in [2.45, 2.75) is 11.8 Å². The summed E-state index contributed by atoms with van der Waals surface area (Å²) in [6.07, 6.45) is -0.136. The molecule has 0 spiro atoms. The normalized spacial score (nSPS) is 22.9. The third-order valence-electron chi connectivity index (χ3n) is 2.19. The molecule has 0 bridgehead atoms. The highest BCUT2D eigenvalue weighted by atomic mass is 32.2. The van der Waals surface area contributed by atoms with E-state index in [1.165, 1.54) is 22.7 Å². The maximum atomic E-state index is 11.7. The molecule has 1 saturated heterocycles. The molecule has 16 heavy (non-hydrogen) atoms. The number of amides is 1. The lowest BCUT2D eigenvalue weighted by molar-refractivity contribution is -0.146. The molecule has 0 aromatic heterocycles. The van der Waals surface area contributed by atoms with Gasteiger partial charge in [0.2, 0.25) is 5.91 Å². The van der Waals surface area contributed by atoms with Crippen LogP contribution in [-0.4, -0.2) is 27.9 Å². The van der Waals surface area contributed by atoms with Gasteiger partial charge in [-0.1, -0.05) is 0 Å². The van der Waals surface area contributed by atoms with E-state index in [0.29, 0.717) is 12.2 Å². The van der Waals surface area contributed by atoms with Crippen molar-refractivity contribution in [3.63, 3.8) is 0 Å². The number of hydrogen-bond donors (Lipinski definition) is 0. The average molecular weight is 247 g/mol. The molecular formula is C9H7F2NO3S. The Kier molecular flexibility index (Phi) is 2.95. The fourth-order valence-electron chi connectivity index (χ4n) is 1.49. The third kappa shape index (κ3) is 1.95. The highest BCUT2D eigenvalue weighted by molar-refractivity contribution is 8.00. The standard InChI is InChI=1S/C9H7F2NO3S/c10-6(11)4-15-9(14)5-1-2-16-8-3-7(13)12(5)8/h1,4,8H,2-3H2/t8-/m1/s1. The summed E-state index contributed by atoms with van der Waals surface area (Å²) >= 11 is 1.52. The van der Waals surface area contributed by atoms with E-state index in [0.717, 1.165) is 0 Å². The van der Waals surface area contributed by atoms with E-state index in [-0.39, 0.29) is 23.2 Å². The van der Waals surface area contributed by atoms with E-state index >= 15 is 0 Å². The van der Waals surface area contributed by atoms with Crippen molar-refractivity contribution >= 4 is 23.6 Å². The third-order valence-corrected chi connectivity index (χ3v) is 3.32. The highest BCUT2D eigenvalue weighted by Crippen LogP contribution is 2.37. The first-order chi connectivity index (χ1) is 7.59. The molecule has 0 unspecified atom stereocenters. The zero-order chi connectivity index (χ0) is 11.7. The minimum atomic E-state index is -2.09. The van der Waals surface area contributed by atoms with Crippen molar-refractivity contribution in [2.75, 3.05) is 5.75 Å². The van der Waals surface area contributed by atoms with Crippen LogP contribution in [0.2, 0.25) is 0 Å². The lowest BCUT2D eigenvalue weighted by Crippen LogP contribution is -2.53. The number of esters is 1. The Labute approximate surface area is 93.9 Å². The predicted octanol–water partition coefficient (Wildman–Crippen LogP) is 1.46. The summed E-state index contributed by atoms with van der Waals surface area (Å²) in [5.74, 6) is -0.544. The van der Waals surface area contributed by atoms with Crippen LogP contribution in [0, 0.1) is 0 Å². The Morgan fingerprint density at radius 1 is 1.62 bits per heavy atom. The molecule has 7 heteroatoms. The summed E-state index contributed by atoms with van der Waals surface area (Å²) in [4.78, 5) is 23.9. The zero-order valence-electron chi connectivity index (χ0n) is 7.98. The lowest BCUT2D eigenvalue weighted by atomic mass is 10.1. The van der Waals surface area contributed by atoms with Gasteiger partial charge < -0.3 is 4.74 Å². The van der Waals surface area contributed by atoms with E-state index in [4.69, 9.17) is 0 Å². The maximum absolute atomic E-state index is 11.7. The van der Waals surface area contributed by atoms with Crippen molar-refractivity contribution in [1.82, 2.24) is 4.90 Å². The van der Waals surface area contributed by atoms with Crippen LogP contribution in [0.1, 0.15) is 6.42 Å². The quantitative estimate of drug-likeness (QED) is 0.421. The molecule has 1 atom stereocenters. The predicted molar refractivity (Wildman–Crippen MR) is 52.2 cm³/mol. The molecule has 0 saturated carbocycles. The number of β-lactam (4-membered cyclic amide) rings is 1. The van der Waals surface area contributed by atoms with Crippen LogP contribution < -0.4 is 0 Å². The molecule has 0 aromatic carbocycles. The van der Waals surface area contributed by atoms with Gasteiger partial charge >= 0.3 is 12.0 Å². The summed E-state index contributed by atoms with van der Waals surface area (Å²) < 4.78 is 27.6. The number of carbonyl (C=O) groups excluding carboxylic acids is 2. The van der Waals surface area contributed by atoms with Gasteiger partial charge in [0.15, 0.2) is 6.26 Å². The Morgan fingerprint density at radius 2 is 2.38 bits per heavy atom. The summed E-state index contributed by atoms with van der Waals surface area (Å²) in [6.45, 7) is 0. The fraction of sp³-hybridized carbons (Fsp3) is 0.333. The minimum absolute atomic E-state index is 0.0532. The number of fused-ring (bicyclic) bond motifs is 1. The van der Waals surface area contributed by atoms with Gasteiger partial charge in [-0.05, 0) is 6.08 Å². The summed E-state index contributed by atoms with van der Waals surface area (Å²) in [7, 11) is 0. The number of halogens is 2. The molecule has 0 aliphatic carbocycles. The van der Waals surface area contributed by atoms with E-state index in [2.05, 4.69) is 4.74 Å². The smallest absolute Gasteiger partial charge is 0.359 e. The summed E-state index contributed by atoms with van der Waals surface area (Å²) in [5, 5.41) is -0.0562. The molecule has 86 valence electrons. The molecule has 2 aliphatic rings. The molecule has 2 aliphatic heterocycles. The largest absolute Gasteiger partial charge is 0.424 e. The first kappa shape index (κ1) is 11.1. The number of rotatable bonds is 2. The van der Waals surface area contributed by atoms with E-state index in [9.17, 15) is 18.4 Å². The van der Waals surface area contributed by atoms with Gasteiger partial charge in [0.25, 0.3) is 0 Å². The van der Waals surface area contributed by atoms with Crippen molar-refractivity contribution in [3.8, 4) is 0 Å². The van der Waals surface area contributed by atoms with Crippen LogP contribution in [-0.2, 0) is 14.3 Å². The van der Waals surface area contributed by atoms with Gasteiger partial charge in [0, 0.05) is 5.75 Å². The van der Waals surface area contributed by atoms with E-state index in [1.807, 2.05) is 0 Å². The molecule has 2 heterocycles. The SMILES string of the molecule is O=C(OC=C(F)F)C1=CCS[C@@H]2CC(=O)N12. The Balaban J connectivity index is 2.08. The molecule has 1 fully saturated rings. The van der Waals surface area contributed by atoms with Crippen molar-refractivity contribution in [2.24, 2.45) is 0 Å². The topological polar surface area (TPSA) is 46.6 Å². The molecule has 0 N–H and O–H groups in total. The van der Waals surface area contributed by atoms with Crippen molar-refractivity contribution in [3.05, 3.63) is 24.1 Å². The Morgan fingerprint density at radius 3 is 3.00 bits per heavy atom. The van der Waals surface area contributed by atoms with Crippen molar-refractivity contribution < 1.29 is 23.1 Å². The van der Waals surface area contributed by atoms with E-state index < -0.39 is 12.0 Å². The number of carbonyl (C=O) groups is 2. The van der Waals surface area contributed by atoms with Crippen LogP contribution in [0.25, 0.3) is 0 Å². The minimum Gasteiger partial charge on any atom is -0.424 e. The first-order valence-electron chi connectivity index (χ1n) is 4.45. The fourth-order valence-corrected chi connectivity index (χ4v) is 2.60. The van der Waals surface area contributed by atoms with Crippen LogP contribution in [0.15, 0.2) is 24.1 Å². The molecular weight excluding hydrogens is 240 g/mol. The number of nitrogens with zero attached hydrogens (tertiary/aromatic N) is 1. The second-order valence-electron chi connectivity index (χ2n) is 3.16. The van der Waals surface area contributed by atoms with Crippen LogP contribution in [0.4, 0.5) is 8.78 Å². The number of thioether (sulfide) groups is 1. The van der Waals surface area contributed by atoms with Crippen LogP contribution >= 0.6 is 11.8 Å². The zero-order valence-corrected chi connectivity index (χ0v) is 8.80. The van der Waals surface area contributed by atoms with Gasteiger partial charge in [-0.2, -0.15) is 8.78 Å². The Hall–Kier alpha value is -1.37. The highest BCUT2D eigenvalue weighted by Gasteiger charge is 2.43. The van der Waals surface area contributed by atoms with Crippen LogP contribution in [0.5, 0.6) is 0 Å². The van der Waals surface area contributed by atoms with Gasteiger partial charge in [-0.3, -0.25) is 9.69 Å². The number of ether oxygens (including phenoxy) is 1. The van der Waals surface area contributed by atoms with Crippen molar-refractivity contribution in [1.29, 1.82) is 0 Å². The molecule has 4 nitrogen and oxygen atoms in total. The second kappa shape index (κ2) is 4.25. The maximum Gasteiger partial charge on any atom is 0.359 e. The average Bonchev–Trinajstić information content (AvgIpc) is 2.23. The molecule has 0 aromatic rings. The molecule has 0 radical (unpaired) electrons. The Bertz CT molecular complexity index is 404. The molecule has 2 rings (SSSR count). The monoisotopic (exact) mass is 247 g/mol. The van der Waals surface area contributed by atoms with Gasteiger partial charge in [0.1, 0.15) is 5.70 Å². The summed E-state index contributed by atoms with van der Waals surface area (Å²) in [5.41, 5.74) is 0.0532.